The zero-order valence-corrected chi connectivity index (χ0v) is 10.6. The molecular formula is C12H15N3O4. The molecule has 1 aliphatic heterocycles. The number of piperidine rings is 1. The average Bonchev–Trinajstić information content (AvgIpc) is 2.46. The number of carbonyl (C=O) groups excluding carboxylic acids is 1. The number of hydrogen-bond donors (Lipinski definition) is 1. The number of nitrogens with zero attached hydrogens (tertiary/aromatic N) is 3. The van der Waals surface area contributed by atoms with E-state index in [4.69, 9.17) is 9.84 Å². The number of carboxylic acid groups (broad SMARTS) is 1. The van der Waals surface area contributed by atoms with Crippen molar-refractivity contribution >= 4 is 11.9 Å². The van der Waals surface area contributed by atoms with E-state index < -0.39 is 17.9 Å². The van der Waals surface area contributed by atoms with Crippen LogP contribution < -0.4 is 4.74 Å². The third kappa shape index (κ3) is 2.81. The molecule has 102 valence electrons. The zero-order chi connectivity index (χ0) is 13.8. The Morgan fingerprint density at radius 3 is 2.74 bits per heavy atom. The molecule has 1 N–H and O–H groups in total. The van der Waals surface area contributed by atoms with Crippen LogP contribution in [-0.4, -0.2) is 51.8 Å². The van der Waals surface area contributed by atoms with Gasteiger partial charge in [0.05, 0.1) is 7.11 Å². The minimum Gasteiger partial charge on any atom is -0.480 e. The first kappa shape index (κ1) is 13.3. The molecule has 0 saturated carbocycles. The number of carbonyl (C=O) groups is 2. The summed E-state index contributed by atoms with van der Waals surface area (Å²) in [5, 5.41) is 16.6. The Kier molecular flexibility index (Phi) is 3.94. The van der Waals surface area contributed by atoms with Gasteiger partial charge in [0.1, 0.15) is 6.04 Å². The summed E-state index contributed by atoms with van der Waals surface area (Å²) in [4.78, 5) is 24.7. The summed E-state index contributed by atoms with van der Waals surface area (Å²) in [5.41, 5.74) is 0.133. The Balaban J connectivity index is 2.18. The van der Waals surface area contributed by atoms with Gasteiger partial charge in [-0.05, 0) is 25.3 Å². The van der Waals surface area contributed by atoms with E-state index in [1.807, 2.05) is 0 Å². The number of aromatic nitrogens is 2. The molecular weight excluding hydrogens is 250 g/mol. The fourth-order valence-corrected chi connectivity index (χ4v) is 2.12. The quantitative estimate of drug-likeness (QED) is 0.858. The molecule has 0 bridgehead atoms. The molecule has 0 unspecified atom stereocenters. The molecule has 0 spiro atoms. The van der Waals surface area contributed by atoms with Crippen molar-refractivity contribution in [3.63, 3.8) is 0 Å². The van der Waals surface area contributed by atoms with E-state index in [1.165, 1.54) is 24.1 Å². The molecule has 19 heavy (non-hydrogen) atoms. The summed E-state index contributed by atoms with van der Waals surface area (Å²) in [6.45, 7) is 0.434. The second kappa shape index (κ2) is 5.64. The lowest BCUT2D eigenvalue weighted by Gasteiger charge is -2.32. The highest BCUT2D eigenvalue weighted by molar-refractivity contribution is 5.95. The van der Waals surface area contributed by atoms with Gasteiger partial charge in [0.2, 0.25) is 5.88 Å². The number of hydrogen-bond acceptors (Lipinski definition) is 5. The number of amides is 1. The lowest BCUT2D eigenvalue weighted by atomic mass is 10.0. The highest BCUT2D eigenvalue weighted by Crippen LogP contribution is 2.19. The molecule has 7 heteroatoms. The third-order valence-electron chi connectivity index (χ3n) is 3.12. The van der Waals surface area contributed by atoms with Gasteiger partial charge in [0, 0.05) is 12.6 Å². The first-order valence-corrected chi connectivity index (χ1v) is 6.05. The van der Waals surface area contributed by atoms with Crippen molar-refractivity contribution in [3.8, 4) is 5.88 Å². The Labute approximate surface area is 110 Å². The molecule has 0 aromatic carbocycles. The van der Waals surface area contributed by atoms with Gasteiger partial charge in [-0.2, -0.15) is 0 Å². The molecule has 1 aliphatic rings. The Bertz CT molecular complexity index is 474. The minimum atomic E-state index is -0.977. The van der Waals surface area contributed by atoms with Crippen LogP contribution in [-0.2, 0) is 4.79 Å². The predicted molar refractivity (Wildman–Crippen MR) is 64.9 cm³/mol. The largest absolute Gasteiger partial charge is 0.480 e. The molecule has 1 amide bonds. The van der Waals surface area contributed by atoms with Crippen molar-refractivity contribution in [2.24, 2.45) is 0 Å². The van der Waals surface area contributed by atoms with E-state index in [1.54, 1.807) is 0 Å². The average molecular weight is 265 g/mol. The third-order valence-corrected chi connectivity index (χ3v) is 3.12. The maximum Gasteiger partial charge on any atom is 0.326 e. The maximum absolute atomic E-state index is 12.2. The highest BCUT2D eigenvalue weighted by atomic mass is 16.5. The van der Waals surface area contributed by atoms with Crippen molar-refractivity contribution in [3.05, 3.63) is 17.8 Å². The lowest BCUT2D eigenvalue weighted by molar-refractivity contribution is -0.143. The van der Waals surface area contributed by atoms with Crippen LogP contribution in [0.3, 0.4) is 0 Å². The first-order valence-electron chi connectivity index (χ1n) is 6.05. The minimum absolute atomic E-state index is 0.133. The van der Waals surface area contributed by atoms with Crippen LogP contribution in [0.1, 0.15) is 29.8 Å². The van der Waals surface area contributed by atoms with Crippen LogP contribution >= 0.6 is 0 Å². The second-order valence-corrected chi connectivity index (χ2v) is 4.31. The van der Waals surface area contributed by atoms with Crippen molar-refractivity contribution in [2.75, 3.05) is 13.7 Å². The van der Waals surface area contributed by atoms with E-state index in [9.17, 15) is 9.59 Å². The fourth-order valence-electron chi connectivity index (χ4n) is 2.12. The van der Waals surface area contributed by atoms with E-state index >= 15 is 0 Å². The molecule has 1 aromatic rings. The monoisotopic (exact) mass is 265 g/mol. The highest BCUT2D eigenvalue weighted by Gasteiger charge is 2.33. The number of rotatable bonds is 3. The normalized spacial score (nSPS) is 19.0. The molecule has 2 rings (SSSR count). The summed E-state index contributed by atoms with van der Waals surface area (Å²) in [6, 6.07) is 2.24. The van der Waals surface area contributed by atoms with Crippen LogP contribution in [0, 0.1) is 0 Å². The van der Waals surface area contributed by atoms with Crippen molar-refractivity contribution in [2.45, 2.75) is 25.3 Å². The van der Waals surface area contributed by atoms with E-state index in [0.717, 1.165) is 12.8 Å². The van der Waals surface area contributed by atoms with Gasteiger partial charge in [-0.25, -0.2) is 4.79 Å². The molecule has 0 aliphatic carbocycles. The van der Waals surface area contributed by atoms with E-state index in [2.05, 4.69) is 10.2 Å². The maximum atomic E-state index is 12.2. The van der Waals surface area contributed by atoms with E-state index in [-0.39, 0.29) is 5.69 Å². The topological polar surface area (TPSA) is 92.6 Å². The summed E-state index contributed by atoms with van der Waals surface area (Å²) in [7, 11) is 1.45. The van der Waals surface area contributed by atoms with Crippen LogP contribution in [0.4, 0.5) is 0 Å². The van der Waals surface area contributed by atoms with E-state index in [0.29, 0.717) is 18.8 Å². The first-order chi connectivity index (χ1) is 9.13. The van der Waals surface area contributed by atoms with Gasteiger partial charge in [0.25, 0.3) is 5.91 Å². The van der Waals surface area contributed by atoms with Crippen molar-refractivity contribution in [1.29, 1.82) is 0 Å². The van der Waals surface area contributed by atoms with Crippen LogP contribution in [0.15, 0.2) is 12.1 Å². The molecule has 1 fully saturated rings. The summed E-state index contributed by atoms with van der Waals surface area (Å²) in [5.74, 6) is -1.07. The Morgan fingerprint density at radius 1 is 1.37 bits per heavy atom. The second-order valence-electron chi connectivity index (χ2n) is 4.31. The molecule has 2 heterocycles. The van der Waals surface area contributed by atoms with Crippen LogP contribution in [0.5, 0.6) is 5.88 Å². The predicted octanol–water partition coefficient (Wildman–Crippen LogP) is 0.565. The van der Waals surface area contributed by atoms with Gasteiger partial charge in [-0.1, -0.05) is 0 Å². The van der Waals surface area contributed by atoms with Crippen molar-refractivity contribution in [1.82, 2.24) is 15.1 Å². The zero-order valence-electron chi connectivity index (χ0n) is 10.6. The summed E-state index contributed by atoms with van der Waals surface area (Å²) < 4.78 is 4.86. The van der Waals surface area contributed by atoms with Gasteiger partial charge in [-0.15, -0.1) is 10.2 Å². The number of aliphatic carboxylic acids is 1. The van der Waals surface area contributed by atoms with Crippen LogP contribution in [0.25, 0.3) is 0 Å². The van der Waals surface area contributed by atoms with Gasteiger partial charge >= 0.3 is 5.97 Å². The van der Waals surface area contributed by atoms with Gasteiger partial charge < -0.3 is 14.7 Å². The van der Waals surface area contributed by atoms with Gasteiger partial charge in [0.15, 0.2) is 5.69 Å². The van der Waals surface area contributed by atoms with Gasteiger partial charge in [-0.3, -0.25) is 4.79 Å². The summed E-state index contributed by atoms with van der Waals surface area (Å²) >= 11 is 0. The summed E-state index contributed by atoms with van der Waals surface area (Å²) in [6.07, 6.45) is 2.10. The SMILES string of the molecule is COc1ccc(C(=O)N2CCCC[C@H]2C(=O)O)nn1. The number of methoxy groups -OCH3 is 1. The number of ether oxygens (including phenoxy) is 1. The van der Waals surface area contributed by atoms with Crippen LogP contribution in [0.2, 0.25) is 0 Å². The molecule has 1 aromatic heterocycles. The Hall–Kier alpha value is -2.18. The molecule has 7 nitrogen and oxygen atoms in total. The molecule has 0 radical (unpaired) electrons. The molecule has 1 saturated heterocycles. The number of likely N-dealkylation sites (tertiary alicyclic amines) is 1. The molecule has 1 atom stereocenters. The number of carboxylic acids is 1. The lowest BCUT2D eigenvalue weighted by Crippen LogP contribution is -2.48. The fraction of sp³-hybridized carbons (Fsp3) is 0.500. The van der Waals surface area contributed by atoms with Crippen molar-refractivity contribution < 1.29 is 19.4 Å². The standard InChI is InChI=1S/C12H15N3O4/c1-19-10-6-5-8(13-14-10)11(16)15-7-3-2-4-9(15)12(17)18/h5-6,9H,2-4,7H2,1H3,(H,17,18)/t9-/m0/s1. The smallest absolute Gasteiger partial charge is 0.326 e. The Morgan fingerprint density at radius 2 is 2.16 bits per heavy atom.